The van der Waals surface area contributed by atoms with Gasteiger partial charge in [0.2, 0.25) is 5.88 Å². The van der Waals surface area contributed by atoms with E-state index in [4.69, 9.17) is 14.2 Å². The minimum Gasteiger partial charge on any atom is -0.494 e. The summed E-state index contributed by atoms with van der Waals surface area (Å²) < 4.78 is 45.7. The highest BCUT2D eigenvalue weighted by molar-refractivity contribution is 7.92. The van der Waals surface area contributed by atoms with Crippen LogP contribution < -0.4 is 19.1 Å². The third-order valence-corrected chi connectivity index (χ3v) is 9.03. The van der Waals surface area contributed by atoms with Crippen LogP contribution in [0.1, 0.15) is 38.7 Å². The minimum absolute atomic E-state index is 0.136. The summed E-state index contributed by atoms with van der Waals surface area (Å²) in [4.78, 5) is 14.2. The van der Waals surface area contributed by atoms with Crippen LogP contribution in [0.3, 0.4) is 0 Å². The highest BCUT2D eigenvalue weighted by atomic mass is 32.2. The Hall–Kier alpha value is -4.74. The number of H-pyrrole nitrogens is 1. The molecule has 0 amide bonds. The summed E-state index contributed by atoms with van der Waals surface area (Å²) in [5, 5.41) is 9.85. The van der Waals surface area contributed by atoms with Crippen molar-refractivity contribution >= 4 is 27.0 Å². The van der Waals surface area contributed by atoms with Crippen LogP contribution in [0.2, 0.25) is 0 Å². The van der Waals surface area contributed by atoms with Gasteiger partial charge in [-0.25, -0.2) is 8.42 Å². The molecule has 0 bridgehead atoms. The Morgan fingerprint density at radius 1 is 0.978 bits per heavy atom. The van der Waals surface area contributed by atoms with E-state index >= 15 is 0 Å². The summed E-state index contributed by atoms with van der Waals surface area (Å²) in [6.07, 6.45) is 6.07. The van der Waals surface area contributed by atoms with Crippen molar-refractivity contribution in [2.75, 3.05) is 17.9 Å². The van der Waals surface area contributed by atoms with E-state index < -0.39 is 10.0 Å². The molecule has 0 aliphatic heterocycles. The second-order valence-corrected chi connectivity index (χ2v) is 13.2. The van der Waals surface area contributed by atoms with Gasteiger partial charge >= 0.3 is 4.87 Å². The van der Waals surface area contributed by atoms with Crippen molar-refractivity contribution in [2.45, 2.75) is 44.9 Å². The standard InChI is InChI=1S/C35H38N2O7S2/c1-5-7-25(3)32(43-23-6-22-42-29-15-11-27(12-16-29)33-34(38)36-35(39)45-33)21-10-26(4)44-30-17-13-28(14-18-30)37-46(40,41)31-19-8-24(2)9-20-31/h8-21,37-38H,4-7,22-23H2,1-3H3,(H,36,39). The van der Waals surface area contributed by atoms with Crippen molar-refractivity contribution in [3.8, 4) is 27.8 Å². The van der Waals surface area contributed by atoms with Gasteiger partial charge in [-0.1, -0.05) is 49.0 Å². The lowest BCUT2D eigenvalue weighted by molar-refractivity contribution is 0.188. The summed E-state index contributed by atoms with van der Waals surface area (Å²) in [6, 6.07) is 20.4. The largest absolute Gasteiger partial charge is 0.494 e. The predicted molar refractivity (Wildman–Crippen MR) is 183 cm³/mol. The average Bonchev–Trinajstić information content (AvgIpc) is 3.37. The zero-order chi connectivity index (χ0) is 33.1. The van der Waals surface area contributed by atoms with Crippen molar-refractivity contribution < 1.29 is 27.7 Å². The first-order valence-corrected chi connectivity index (χ1v) is 17.1. The van der Waals surface area contributed by atoms with Crippen molar-refractivity contribution in [3.63, 3.8) is 0 Å². The van der Waals surface area contributed by atoms with Crippen molar-refractivity contribution in [1.29, 1.82) is 0 Å². The normalized spacial score (nSPS) is 12.1. The third-order valence-electron chi connectivity index (χ3n) is 6.71. The number of nitrogens with one attached hydrogen (secondary N) is 2. The molecule has 1 heterocycles. The molecular formula is C35H38N2O7S2. The number of hydrogen-bond donors (Lipinski definition) is 3. The SMILES string of the molecule is C=C(C=CC(OCCCOc1ccc(-c2sc(=O)[nH]c2O)cc1)=C(C)CCC)Oc1ccc(NS(=O)(=O)c2ccc(C)cc2)cc1. The van der Waals surface area contributed by atoms with E-state index in [1.165, 1.54) is 0 Å². The van der Waals surface area contributed by atoms with Crippen LogP contribution in [0.25, 0.3) is 10.4 Å². The number of aryl methyl sites for hydroxylation is 1. The fourth-order valence-electron chi connectivity index (χ4n) is 4.34. The van der Waals surface area contributed by atoms with E-state index in [1.807, 2.05) is 19.9 Å². The molecule has 1 aromatic heterocycles. The molecule has 0 atom stereocenters. The summed E-state index contributed by atoms with van der Waals surface area (Å²) in [5.41, 5.74) is 3.23. The molecule has 0 radical (unpaired) electrons. The Kier molecular flexibility index (Phi) is 11.9. The number of aromatic nitrogens is 1. The summed E-state index contributed by atoms with van der Waals surface area (Å²) in [7, 11) is -3.70. The van der Waals surface area contributed by atoms with Crippen LogP contribution in [0.5, 0.6) is 17.4 Å². The first-order chi connectivity index (χ1) is 22.0. The lowest BCUT2D eigenvalue weighted by Gasteiger charge is -2.12. The van der Waals surface area contributed by atoms with E-state index in [-0.39, 0.29) is 15.6 Å². The molecule has 0 aliphatic rings. The highest BCUT2D eigenvalue weighted by Gasteiger charge is 2.14. The number of benzene rings is 3. The van der Waals surface area contributed by atoms with Gasteiger partial charge in [-0.2, -0.15) is 0 Å². The maximum Gasteiger partial charge on any atom is 0.307 e. The van der Waals surface area contributed by atoms with Gasteiger partial charge in [0.15, 0.2) is 0 Å². The van der Waals surface area contributed by atoms with Crippen LogP contribution in [0.4, 0.5) is 5.69 Å². The fourth-order valence-corrected chi connectivity index (χ4v) is 6.13. The molecule has 3 N–H and O–H groups in total. The van der Waals surface area contributed by atoms with Crippen LogP contribution in [-0.2, 0) is 14.8 Å². The maximum absolute atomic E-state index is 12.7. The van der Waals surface area contributed by atoms with Gasteiger partial charge in [-0.15, -0.1) is 0 Å². The molecule has 0 saturated heterocycles. The molecule has 4 aromatic rings. The lowest BCUT2D eigenvalue weighted by Crippen LogP contribution is -2.12. The molecule has 0 saturated carbocycles. The van der Waals surface area contributed by atoms with Gasteiger partial charge in [0.25, 0.3) is 10.0 Å². The quantitative estimate of drug-likeness (QED) is 0.0632. The van der Waals surface area contributed by atoms with Gasteiger partial charge < -0.3 is 19.3 Å². The predicted octanol–water partition coefficient (Wildman–Crippen LogP) is 7.93. The van der Waals surface area contributed by atoms with E-state index in [0.717, 1.165) is 46.6 Å². The van der Waals surface area contributed by atoms with Crippen molar-refractivity contribution in [2.24, 2.45) is 0 Å². The van der Waals surface area contributed by atoms with Gasteiger partial charge in [0.05, 0.1) is 23.0 Å². The van der Waals surface area contributed by atoms with Gasteiger partial charge in [-0.05, 0) is 104 Å². The Labute approximate surface area is 273 Å². The molecule has 4 rings (SSSR count). The van der Waals surface area contributed by atoms with Crippen LogP contribution in [0, 0.1) is 6.92 Å². The molecule has 9 nitrogen and oxygen atoms in total. The maximum atomic E-state index is 12.7. The Morgan fingerprint density at radius 3 is 2.28 bits per heavy atom. The molecule has 3 aromatic carbocycles. The molecule has 0 spiro atoms. The van der Waals surface area contributed by atoms with Crippen molar-refractivity contribution in [1.82, 2.24) is 4.98 Å². The van der Waals surface area contributed by atoms with Crippen LogP contribution in [0.15, 0.2) is 118 Å². The number of aromatic amines is 1. The summed E-state index contributed by atoms with van der Waals surface area (Å²) >= 11 is 0.951. The Balaban J connectivity index is 1.25. The number of ether oxygens (including phenoxy) is 3. The van der Waals surface area contributed by atoms with Gasteiger partial charge in [0, 0.05) is 12.1 Å². The van der Waals surface area contributed by atoms with E-state index in [2.05, 4.69) is 23.2 Å². The third kappa shape index (κ3) is 9.88. The second kappa shape index (κ2) is 16.0. The lowest BCUT2D eigenvalue weighted by atomic mass is 10.1. The first kappa shape index (κ1) is 34.1. The number of allylic oxidation sites excluding steroid dienone is 3. The number of anilines is 1. The van der Waals surface area contributed by atoms with Gasteiger partial charge in [0.1, 0.15) is 23.0 Å². The molecular weight excluding hydrogens is 625 g/mol. The Morgan fingerprint density at radius 2 is 1.65 bits per heavy atom. The highest BCUT2D eigenvalue weighted by Crippen LogP contribution is 2.31. The van der Waals surface area contributed by atoms with Crippen molar-refractivity contribution in [3.05, 3.63) is 124 Å². The molecule has 11 heteroatoms. The number of rotatable bonds is 16. The first-order valence-electron chi connectivity index (χ1n) is 14.8. The topological polar surface area (TPSA) is 127 Å². The van der Waals surface area contributed by atoms with E-state index in [9.17, 15) is 18.3 Å². The van der Waals surface area contributed by atoms with E-state index in [0.29, 0.717) is 47.5 Å². The minimum atomic E-state index is -3.70. The fraction of sp³-hybridized carbons (Fsp3) is 0.229. The number of thiazole rings is 1. The summed E-state index contributed by atoms with van der Waals surface area (Å²) in [5.74, 6) is 2.18. The van der Waals surface area contributed by atoms with E-state index in [1.54, 1.807) is 78.9 Å². The van der Waals surface area contributed by atoms with Crippen LogP contribution in [-0.4, -0.2) is 31.7 Å². The second-order valence-electron chi connectivity index (χ2n) is 10.5. The molecule has 0 fully saturated rings. The average molecular weight is 663 g/mol. The molecule has 0 unspecified atom stereocenters. The van der Waals surface area contributed by atoms with Gasteiger partial charge in [-0.3, -0.25) is 14.5 Å². The monoisotopic (exact) mass is 662 g/mol. The number of aromatic hydroxyl groups is 1. The zero-order valence-corrected chi connectivity index (χ0v) is 27.7. The van der Waals surface area contributed by atoms with Crippen LogP contribution >= 0.6 is 11.3 Å². The number of hydrogen-bond acceptors (Lipinski definition) is 8. The molecule has 46 heavy (non-hydrogen) atoms. The zero-order valence-electron chi connectivity index (χ0n) is 26.0. The smallest absolute Gasteiger partial charge is 0.307 e. The molecule has 0 aliphatic carbocycles. The Bertz CT molecular complexity index is 1840. The number of sulfonamides is 1. The molecule has 242 valence electrons. The summed E-state index contributed by atoms with van der Waals surface area (Å²) in [6.45, 7) is 10.9.